The lowest BCUT2D eigenvalue weighted by Gasteiger charge is -2.30. The van der Waals surface area contributed by atoms with Gasteiger partial charge in [0.1, 0.15) is 6.17 Å². The van der Waals surface area contributed by atoms with Crippen LogP contribution < -0.4 is 0 Å². The number of benzene rings is 2. The van der Waals surface area contributed by atoms with Crippen molar-refractivity contribution in [1.82, 2.24) is 9.80 Å². The molecule has 0 aliphatic carbocycles. The summed E-state index contributed by atoms with van der Waals surface area (Å²) in [5.41, 5.74) is 2.00. The minimum absolute atomic E-state index is 0.0846. The minimum Gasteiger partial charge on any atom is -0.317 e. The molecule has 2 saturated heterocycles. The third-order valence-corrected chi connectivity index (χ3v) is 4.82. The molecule has 0 spiro atoms. The van der Waals surface area contributed by atoms with Crippen LogP contribution in [0.4, 0.5) is 0 Å². The van der Waals surface area contributed by atoms with Crippen molar-refractivity contribution in [1.29, 1.82) is 0 Å². The van der Waals surface area contributed by atoms with Crippen LogP contribution in [0.3, 0.4) is 0 Å². The standard InChI is InChI=1S/C19H20N2O/c22-19(16-10-5-2-6-11-16)21-14-17-12-7-13-20(17)18(21)15-8-3-1-4-9-15/h1-6,8-11,17-18H,7,12-14H2. The maximum atomic E-state index is 13.0. The molecule has 2 fully saturated rings. The van der Waals surface area contributed by atoms with Gasteiger partial charge in [-0.15, -0.1) is 0 Å². The Bertz CT molecular complexity index is 656. The summed E-state index contributed by atoms with van der Waals surface area (Å²) < 4.78 is 0. The Labute approximate surface area is 131 Å². The maximum Gasteiger partial charge on any atom is 0.255 e. The molecule has 2 aliphatic rings. The van der Waals surface area contributed by atoms with Crippen molar-refractivity contribution in [2.45, 2.75) is 25.0 Å². The van der Waals surface area contributed by atoms with Gasteiger partial charge in [0.05, 0.1) is 0 Å². The van der Waals surface area contributed by atoms with Gasteiger partial charge in [0, 0.05) is 24.7 Å². The van der Waals surface area contributed by atoms with Gasteiger partial charge in [0.25, 0.3) is 5.91 Å². The van der Waals surface area contributed by atoms with Crippen LogP contribution >= 0.6 is 0 Å². The first kappa shape index (κ1) is 13.5. The molecule has 112 valence electrons. The van der Waals surface area contributed by atoms with Crippen LogP contribution in [-0.4, -0.2) is 34.8 Å². The summed E-state index contributed by atoms with van der Waals surface area (Å²) in [6.07, 6.45) is 2.52. The first-order valence-corrected chi connectivity index (χ1v) is 8.01. The maximum absolute atomic E-state index is 13.0. The van der Waals surface area contributed by atoms with Gasteiger partial charge in [-0.05, 0) is 30.5 Å². The molecule has 0 saturated carbocycles. The van der Waals surface area contributed by atoms with Crippen molar-refractivity contribution < 1.29 is 4.79 Å². The fourth-order valence-electron chi connectivity index (χ4n) is 3.82. The van der Waals surface area contributed by atoms with E-state index >= 15 is 0 Å². The molecule has 0 bridgehead atoms. The molecule has 2 unspecified atom stereocenters. The van der Waals surface area contributed by atoms with Crippen LogP contribution in [-0.2, 0) is 0 Å². The number of hydrogen-bond acceptors (Lipinski definition) is 2. The number of carbonyl (C=O) groups excluding carboxylic acids is 1. The lowest BCUT2D eigenvalue weighted by atomic mass is 10.1. The molecule has 0 N–H and O–H groups in total. The average Bonchev–Trinajstić information content (AvgIpc) is 3.16. The molecular formula is C19H20N2O. The van der Waals surface area contributed by atoms with Crippen molar-refractivity contribution >= 4 is 5.91 Å². The van der Waals surface area contributed by atoms with Crippen LogP contribution in [0, 0.1) is 0 Å². The molecule has 2 heterocycles. The van der Waals surface area contributed by atoms with Crippen LogP contribution in [0.2, 0.25) is 0 Å². The van der Waals surface area contributed by atoms with E-state index in [1.54, 1.807) is 0 Å². The molecule has 2 aliphatic heterocycles. The van der Waals surface area contributed by atoms with E-state index in [0.29, 0.717) is 6.04 Å². The highest BCUT2D eigenvalue weighted by Crippen LogP contribution is 2.39. The van der Waals surface area contributed by atoms with Gasteiger partial charge >= 0.3 is 0 Å². The number of hydrogen-bond donors (Lipinski definition) is 0. The van der Waals surface area contributed by atoms with Crippen LogP contribution in [0.1, 0.15) is 34.9 Å². The largest absolute Gasteiger partial charge is 0.317 e. The van der Waals surface area contributed by atoms with E-state index in [0.717, 1.165) is 18.7 Å². The summed E-state index contributed by atoms with van der Waals surface area (Å²) >= 11 is 0. The number of carbonyl (C=O) groups is 1. The van der Waals surface area contributed by atoms with E-state index in [-0.39, 0.29) is 12.1 Å². The Balaban J connectivity index is 1.70. The second kappa shape index (κ2) is 5.58. The molecular weight excluding hydrogens is 272 g/mol. The highest BCUT2D eigenvalue weighted by molar-refractivity contribution is 5.94. The second-order valence-corrected chi connectivity index (χ2v) is 6.14. The van der Waals surface area contributed by atoms with Gasteiger partial charge in [-0.2, -0.15) is 0 Å². The lowest BCUT2D eigenvalue weighted by Crippen LogP contribution is -2.35. The summed E-state index contributed by atoms with van der Waals surface area (Å²) in [5, 5.41) is 0. The van der Waals surface area contributed by atoms with E-state index < -0.39 is 0 Å². The molecule has 3 nitrogen and oxygen atoms in total. The molecule has 2 aromatic carbocycles. The fraction of sp³-hybridized carbons (Fsp3) is 0.316. The van der Waals surface area contributed by atoms with Gasteiger partial charge < -0.3 is 4.90 Å². The zero-order valence-corrected chi connectivity index (χ0v) is 12.6. The Morgan fingerprint density at radius 3 is 2.36 bits per heavy atom. The molecule has 3 heteroatoms. The lowest BCUT2D eigenvalue weighted by molar-refractivity contribution is 0.0639. The quantitative estimate of drug-likeness (QED) is 0.848. The van der Waals surface area contributed by atoms with E-state index in [1.807, 2.05) is 36.4 Å². The van der Waals surface area contributed by atoms with E-state index in [4.69, 9.17) is 0 Å². The monoisotopic (exact) mass is 292 g/mol. The second-order valence-electron chi connectivity index (χ2n) is 6.14. The van der Waals surface area contributed by atoms with Crippen LogP contribution in [0.5, 0.6) is 0 Å². The van der Waals surface area contributed by atoms with Crippen molar-refractivity contribution in [3.63, 3.8) is 0 Å². The smallest absolute Gasteiger partial charge is 0.255 e. The molecule has 4 rings (SSSR count). The molecule has 0 radical (unpaired) electrons. The van der Waals surface area contributed by atoms with E-state index in [9.17, 15) is 4.79 Å². The summed E-state index contributed by atoms with van der Waals surface area (Å²) in [6.45, 7) is 1.93. The number of amides is 1. The summed E-state index contributed by atoms with van der Waals surface area (Å²) in [5.74, 6) is 0.142. The third-order valence-electron chi connectivity index (χ3n) is 4.82. The van der Waals surface area contributed by atoms with Gasteiger partial charge in [-0.3, -0.25) is 9.69 Å². The van der Waals surface area contributed by atoms with Crippen molar-refractivity contribution in [2.75, 3.05) is 13.1 Å². The first-order chi connectivity index (χ1) is 10.8. The van der Waals surface area contributed by atoms with Crippen LogP contribution in [0.15, 0.2) is 60.7 Å². The fourth-order valence-corrected chi connectivity index (χ4v) is 3.82. The van der Waals surface area contributed by atoms with E-state index in [2.05, 4.69) is 34.1 Å². The molecule has 1 amide bonds. The summed E-state index contributed by atoms with van der Waals surface area (Å²) in [4.78, 5) is 17.5. The average molecular weight is 292 g/mol. The Kier molecular flexibility index (Phi) is 3.43. The predicted molar refractivity (Wildman–Crippen MR) is 86.4 cm³/mol. The number of nitrogens with zero attached hydrogens (tertiary/aromatic N) is 2. The summed E-state index contributed by atoms with van der Waals surface area (Å²) in [6, 6.07) is 20.6. The SMILES string of the molecule is O=C(c1ccccc1)N1CC2CCCN2C1c1ccccc1. The number of rotatable bonds is 2. The molecule has 0 aromatic heterocycles. The highest BCUT2D eigenvalue weighted by atomic mass is 16.2. The topological polar surface area (TPSA) is 23.6 Å². The van der Waals surface area contributed by atoms with Gasteiger partial charge in [0.15, 0.2) is 0 Å². The number of fused-ring (bicyclic) bond motifs is 1. The minimum atomic E-state index is 0.0846. The van der Waals surface area contributed by atoms with Crippen molar-refractivity contribution in [2.24, 2.45) is 0 Å². The summed E-state index contributed by atoms with van der Waals surface area (Å²) in [7, 11) is 0. The zero-order valence-electron chi connectivity index (χ0n) is 12.6. The Morgan fingerprint density at radius 1 is 0.955 bits per heavy atom. The predicted octanol–water partition coefficient (Wildman–Crippen LogP) is 3.31. The molecule has 22 heavy (non-hydrogen) atoms. The van der Waals surface area contributed by atoms with Crippen molar-refractivity contribution in [3.8, 4) is 0 Å². The van der Waals surface area contributed by atoms with Gasteiger partial charge in [-0.25, -0.2) is 0 Å². The van der Waals surface area contributed by atoms with Crippen molar-refractivity contribution in [3.05, 3.63) is 71.8 Å². The van der Waals surface area contributed by atoms with E-state index in [1.165, 1.54) is 18.4 Å². The Hall–Kier alpha value is -2.13. The first-order valence-electron chi connectivity index (χ1n) is 8.01. The van der Waals surface area contributed by atoms with Crippen LogP contribution in [0.25, 0.3) is 0 Å². The zero-order chi connectivity index (χ0) is 14.9. The normalized spacial score (nSPS) is 24.5. The molecule has 2 atom stereocenters. The van der Waals surface area contributed by atoms with Gasteiger partial charge in [-0.1, -0.05) is 48.5 Å². The third kappa shape index (κ3) is 2.22. The highest BCUT2D eigenvalue weighted by Gasteiger charge is 2.44. The Morgan fingerprint density at radius 2 is 1.64 bits per heavy atom. The molecule has 2 aromatic rings. The van der Waals surface area contributed by atoms with Gasteiger partial charge in [0.2, 0.25) is 0 Å².